The Kier molecular flexibility index (Phi) is 2.23. The van der Waals surface area contributed by atoms with Gasteiger partial charge in [0.05, 0.1) is 0 Å². The fourth-order valence-corrected chi connectivity index (χ4v) is 1.73. The molecule has 0 saturated heterocycles. The largest absolute Gasteiger partial charge is 0.384 e. The zero-order valence-electron chi connectivity index (χ0n) is 7.64. The third-order valence-electron chi connectivity index (χ3n) is 2.44. The number of terminal acetylenes is 1. The summed E-state index contributed by atoms with van der Waals surface area (Å²) in [6, 6.07) is 6.59. The molecule has 0 aliphatic carbocycles. The van der Waals surface area contributed by atoms with Gasteiger partial charge < -0.3 is 5.32 Å². The van der Waals surface area contributed by atoms with Crippen LogP contribution >= 0.6 is 0 Å². The van der Waals surface area contributed by atoms with Crippen LogP contribution in [-0.2, 0) is 12.8 Å². The van der Waals surface area contributed by atoms with E-state index in [9.17, 15) is 0 Å². The molecule has 0 saturated carbocycles. The van der Waals surface area contributed by atoms with Crippen molar-refractivity contribution in [2.75, 3.05) is 11.9 Å². The van der Waals surface area contributed by atoms with Crippen LogP contribution in [0, 0.1) is 12.3 Å². The monoisotopic (exact) mass is 171 g/mol. The molecule has 1 heterocycles. The molecule has 2 rings (SSSR count). The predicted octanol–water partition coefficient (Wildman–Crippen LogP) is 2.22. The van der Waals surface area contributed by atoms with Crippen LogP contribution in [0.2, 0.25) is 0 Å². The Morgan fingerprint density at radius 3 is 3.23 bits per heavy atom. The molecule has 1 nitrogen and oxygen atoms in total. The Balaban J connectivity index is 2.17. The van der Waals surface area contributed by atoms with E-state index in [1.54, 1.807) is 0 Å². The Labute approximate surface area is 79.2 Å². The zero-order valence-corrected chi connectivity index (χ0v) is 7.64. The quantitative estimate of drug-likeness (QED) is 0.673. The van der Waals surface area contributed by atoms with Gasteiger partial charge in [-0.3, -0.25) is 0 Å². The highest BCUT2D eigenvalue weighted by Crippen LogP contribution is 2.23. The maximum Gasteiger partial charge on any atom is 0.0373 e. The predicted molar refractivity (Wildman–Crippen MR) is 55.8 cm³/mol. The lowest BCUT2D eigenvalue weighted by Gasteiger charge is -2.02. The van der Waals surface area contributed by atoms with E-state index in [4.69, 9.17) is 6.42 Å². The van der Waals surface area contributed by atoms with Crippen molar-refractivity contribution >= 4 is 5.69 Å². The lowest BCUT2D eigenvalue weighted by molar-refractivity contribution is 1.02. The van der Waals surface area contributed by atoms with Crippen LogP contribution in [0.1, 0.15) is 17.5 Å². The molecule has 0 bridgehead atoms. The van der Waals surface area contributed by atoms with Gasteiger partial charge in [0.1, 0.15) is 0 Å². The molecule has 1 aliphatic heterocycles. The van der Waals surface area contributed by atoms with E-state index in [1.165, 1.54) is 16.8 Å². The number of hydrogen-bond acceptors (Lipinski definition) is 1. The normalized spacial score (nSPS) is 13.2. The number of aryl methyl sites for hydroxylation is 1. The van der Waals surface area contributed by atoms with E-state index in [2.05, 4.69) is 29.4 Å². The first-order valence-electron chi connectivity index (χ1n) is 4.69. The maximum atomic E-state index is 5.23. The van der Waals surface area contributed by atoms with E-state index in [-0.39, 0.29) is 0 Å². The van der Waals surface area contributed by atoms with Gasteiger partial charge in [-0.2, -0.15) is 0 Å². The molecule has 0 atom stereocenters. The van der Waals surface area contributed by atoms with E-state index in [0.717, 1.165) is 25.8 Å². The zero-order chi connectivity index (χ0) is 9.10. The SMILES string of the molecule is C#CCCc1ccc2c(c1)CCN2. The average molecular weight is 171 g/mol. The topological polar surface area (TPSA) is 12.0 Å². The van der Waals surface area contributed by atoms with Gasteiger partial charge in [0.15, 0.2) is 0 Å². The van der Waals surface area contributed by atoms with E-state index in [0.29, 0.717) is 0 Å². The van der Waals surface area contributed by atoms with Crippen LogP contribution in [0.3, 0.4) is 0 Å². The van der Waals surface area contributed by atoms with Crippen LogP contribution in [0.5, 0.6) is 0 Å². The highest BCUT2D eigenvalue weighted by Gasteiger charge is 2.09. The van der Waals surface area contributed by atoms with Gasteiger partial charge >= 0.3 is 0 Å². The Morgan fingerprint density at radius 2 is 2.38 bits per heavy atom. The molecule has 0 fully saturated rings. The number of rotatable bonds is 2. The first kappa shape index (κ1) is 8.19. The highest BCUT2D eigenvalue weighted by molar-refractivity contribution is 5.56. The third kappa shape index (κ3) is 1.67. The molecule has 13 heavy (non-hydrogen) atoms. The van der Waals surface area contributed by atoms with E-state index < -0.39 is 0 Å². The summed E-state index contributed by atoms with van der Waals surface area (Å²) < 4.78 is 0. The summed E-state index contributed by atoms with van der Waals surface area (Å²) in [6.07, 6.45) is 8.22. The van der Waals surface area contributed by atoms with Crippen LogP contribution in [0.4, 0.5) is 5.69 Å². The van der Waals surface area contributed by atoms with Gasteiger partial charge in [0.2, 0.25) is 0 Å². The van der Waals surface area contributed by atoms with Gasteiger partial charge in [-0.15, -0.1) is 12.3 Å². The van der Waals surface area contributed by atoms with Crippen LogP contribution in [-0.4, -0.2) is 6.54 Å². The molecule has 0 spiro atoms. The number of nitrogens with one attached hydrogen (secondary N) is 1. The van der Waals surface area contributed by atoms with Gasteiger partial charge in [-0.1, -0.05) is 12.1 Å². The molecule has 0 amide bonds. The Hall–Kier alpha value is -1.42. The number of fused-ring (bicyclic) bond motifs is 1. The summed E-state index contributed by atoms with van der Waals surface area (Å²) in [5.74, 6) is 2.67. The minimum Gasteiger partial charge on any atom is -0.384 e. The van der Waals surface area contributed by atoms with Crippen molar-refractivity contribution in [1.82, 2.24) is 0 Å². The summed E-state index contributed by atoms with van der Waals surface area (Å²) in [7, 11) is 0. The summed E-state index contributed by atoms with van der Waals surface area (Å²) in [4.78, 5) is 0. The standard InChI is InChI=1S/C12H13N/c1-2-3-4-10-5-6-12-11(9-10)7-8-13-12/h1,5-6,9,13H,3-4,7-8H2. The molecule has 1 heteroatoms. The van der Waals surface area contributed by atoms with Crippen molar-refractivity contribution in [2.24, 2.45) is 0 Å². The van der Waals surface area contributed by atoms with Crippen molar-refractivity contribution in [3.63, 3.8) is 0 Å². The summed E-state index contributed by atoms with van der Waals surface area (Å²) in [5, 5.41) is 3.34. The second-order valence-corrected chi connectivity index (χ2v) is 3.37. The number of anilines is 1. The summed E-state index contributed by atoms with van der Waals surface area (Å²) in [6.45, 7) is 1.08. The van der Waals surface area contributed by atoms with Gasteiger partial charge in [0.25, 0.3) is 0 Å². The molecular formula is C12H13N. The van der Waals surface area contributed by atoms with Crippen LogP contribution < -0.4 is 5.32 Å². The van der Waals surface area contributed by atoms with Crippen molar-refractivity contribution in [3.05, 3.63) is 29.3 Å². The smallest absolute Gasteiger partial charge is 0.0373 e. The molecule has 1 aromatic carbocycles. The Bertz CT molecular complexity index is 347. The summed E-state index contributed by atoms with van der Waals surface area (Å²) in [5.41, 5.74) is 4.10. The first-order valence-corrected chi connectivity index (χ1v) is 4.69. The third-order valence-corrected chi connectivity index (χ3v) is 2.44. The minimum atomic E-state index is 0.839. The summed E-state index contributed by atoms with van der Waals surface area (Å²) >= 11 is 0. The van der Waals surface area contributed by atoms with Gasteiger partial charge in [-0.05, 0) is 30.0 Å². The van der Waals surface area contributed by atoms with Gasteiger partial charge in [0, 0.05) is 18.7 Å². The van der Waals surface area contributed by atoms with Crippen molar-refractivity contribution in [2.45, 2.75) is 19.3 Å². The number of benzene rings is 1. The van der Waals surface area contributed by atoms with E-state index >= 15 is 0 Å². The average Bonchev–Trinajstić information content (AvgIpc) is 2.61. The first-order chi connectivity index (χ1) is 6.40. The minimum absolute atomic E-state index is 0.839. The maximum absolute atomic E-state index is 5.23. The Morgan fingerprint density at radius 1 is 1.46 bits per heavy atom. The molecule has 0 aromatic heterocycles. The molecule has 0 radical (unpaired) electrons. The van der Waals surface area contributed by atoms with Gasteiger partial charge in [-0.25, -0.2) is 0 Å². The second-order valence-electron chi connectivity index (χ2n) is 3.37. The van der Waals surface area contributed by atoms with Crippen molar-refractivity contribution < 1.29 is 0 Å². The molecule has 1 aromatic rings. The van der Waals surface area contributed by atoms with E-state index in [1.807, 2.05) is 0 Å². The lowest BCUT2D eigenvalue weighted by Crippen LogP contribution is -1.90. The second kappa shape index (κ2) is 3.53. The highest BCUT2D eigenvalue weighted by atomic mass is 14.9. The van der Waals surface area contributed by atoms with Crippen molar-refractivity contribution in [3.8, 4) is 12.3 Å². The number of hydrogen-bond donors (Lipinski definition) is 1. The van der Waals surface area contributed by atoms with Crippen LogP contribution in [0.15, 0.2) is 18.2 Å². The molecule has 66 valence electrons. The van der Waals surface area contributed by atoms with Crippen molar-refractivity contribution in [1.29, 1.82) is 0 Å². The fourth-order valence-electron chi connectivity index (χ4n) is 1.73. The fraction of sp³-hybridized carbons (Fsp3) is 0.333. The van der Waals surface area contributed by atoms with Crippen LogP contribution in [0.25, 0.3) is 0 Å². The molecule has 1 aliphatic rings. The molecular weight excluding hydrogens is 158 g/mol. The molecule has 1 N–H and O–H groups in total. The lowest BCUT2D eigenvalue weighted by atomic mass is 10.1. The molecule has 0 unspecified atom stereocenters.